The van der Waals surface area contributed by atoms with Gasteiger partial charge in [0.05, 0.1) is 18.1 Å². The molecule has 0 radical (unpaired) electrons. The van der Waals surface area contributed by atoms with Gasteiger partial charge in [-0.2, -0.15) is 13.2 Å². The molecule has 1 aliphatic heterocycles. The Balaban J connectivity index is 2.39. The van der Waals surface area contributed by atoms with Gasteiger partial charge in [0.1, 0.15) is 5.75 Å². The SMILES string of the molecule is CC(C(=O)O)C1COc2ccc(C(F)(F)F)cc21. The Kier molecular flexibility index (Phi) is 2.96. The summed E-state index contributed by atoms with van der Waals surface area (Å²) in [5.74, 6) is -2.04. The fourth-order valence-electron chi connectivity index (χ4n) is 2.00. The predicted molar refractivity (Wildman–Crippen MR) is 56.5 cm³/mol. The summed E-state index contributed by atoms with van der Waals surface area (Å²) in [7, 11) is 0. The third-order valence-corrected chi connectivity index (χ3v) is 3.15. The maximum atomic E-state index is 12.6. The van der Waals surface area contributed by atoms with Crippen molar-refractivity contribution in [2.75, 3.05) is 6.61 Å². The summed E-state index contributed by atoms with van der Waals surface area (Å²) < 4.78 is 43.0. The van der Waals surface area contributed by atoms with Crippen LogP contribution in [0, 0.1) is 5.92 Å². The number of halogens is 3. The number of carbonyl (C=O) groups is 1. The molecule has 0 saturated heterocycles. The van der Waals surface area contributed by atoms with E-state index in [0.717, 1.165) is 12.1 Å². The lowest BCUT2D eigenvalue weighted by Crippen LogP contribution is -2.20. The maximum absolute atomic E-state index is 12.6. The second-order valence-electron chi connectivity index (χ2n) is 4.29. The lowest BCUT2D eigenvalue weighted by molar-refractivity contribution is -0.142. The molecule has 1 aromatic carbocycles. The lowest BCUT2D eigenvalue weighted by Gasteiger charge is -2.14. The van der Waals surface area contributed by atoms with Crippen molar-refractivity contribution in [2.45, 2.75) is 19.0 Å². The largest absolute Gasteiger partial charge is 0.493 e. The molecule has 0 aliphatic carbocycles. The standard InChI is InChI=1S/C12H11F3O3/c1-6(11(16)17)9-5-18-10-3-2-7(4-8(9)10)12(13,14)15/h2-4,6,9H,5H2,1H3,(H,16,17). The van der Waals surface area contributed by atoms with Crippen LogP contribution in [0.4, 0.5) is 13.2 Å². The second-order valence-corrected chi connectivity index (χ2v) is 4.29. The molecule has 6 heteroatoms. The predicted octanol–water partition coefficient (Wildman–Crippen LogP) is 2.90. The second kappa shape index (κ2) is 4.19. The highest BCUT2D eigenvalue weighted by atomic mass is 19.4. The van der Waals surface area contributed by atoms with Gasteiger partial charge in [-0.15, -0.1) is 0 Å². The van der Waals surface area contributed by atoms with Crippen molar-refractivity contribution in [3.8, 4) is 5.75 Å². The molecule has 0 saturated carbocycles. The van der Waals surface area contributed by atoms with Gasteiger partial charge in [0.15, 0.2) is 0 Å². The van der Waals surface area contributed by atoms with Crippen molar-refractivity contribution in [1.29, 1.82) is 0 Å². The number of hydrogen-bond acceptors (Lipinski definition) is 2. The number of fused-ring (bicyclic) bond motifs is 1. The molecule has 18 heavy (non-hydrogen) atoms. The Morgan fingerprint density at radius 1 is 1.50 bits per heavy atom. The maximum Gasteiger partial charge on any atom is 0.416 e. The van der Waals surface area contributed by atoms with E-state index >= 15 is 0 Å². The molecule has 2 rings (SSSR count). The number of aliphatic carboxylic acids is 1. The normalized spacial score (nSPS) is 20.1. The van der Waals surface area contributed by atoms with E-state index in [9.17, 15) is 18.0 Å². The van der Waals surface area contributed by atoms with Gasteiger partial charge in [0.25, 0.3) is 0 Å². The number of alkyl halides is 3. The molecule has 2 unspecified atom stereocenters. The molecule has 0 aromatic heterocycles. The Hall–Kier alpha value is -1.72. The Bertz CT molecular complexity index is 482. The highest BCUT2D eigenvalue weighted by Gasteiger charge is 2.37. The van der Waals surface area contributed by atoms with Crippen molar-refractivity contribution >= 4 is 5.97 Å². The van der Waals surface area contributed by atoms with Gasteiger partial charge in [0, 0.05) is 11.5 Å². The summed E-state index contributed by atoms with van der Waals surface area (Å²) in [6.45, 7) is 1.57. The minimum atomic E-state index is -4.44. The summed E-state index contributed by atoms with van der Waals surface area (Å²) in [5.41, 5.74) is -0.464. The highest BCUT2D eigenvalue weighted by Crippen LogP contribution is 2.41. The van der Waals surface area contributed by atoms with Crippen molar-refractivity contribution in [1.82, 2.24) is 0 Å². The molecule has 0 fully saturated rings. The summed E-state index contributed by atoms with van der Waals surface area (Å²) in [6, 6.07) is 3.16. The minimum absolute atomic E-state index is 0.101. The first-order valence-corrected chi connectivity index (χ1v) is 5.37. The summed E-state index contributed by atoms with van der Waals surface area (Å²) in [4.78, 5) is 10.9. The smallest absolute Gasteiger partial charge is 0.416 e. The molecule has 98 valence electrons. The lowest BCUT2D eigenvalue weighted by atomic mass is 9.88. The van der Waals surface area contributed by atoms with Gasteiger partial charge in [-0.1, -0.05) is 6.92 Å². The van der Waals surface area contributed by atoms with Gasteiger partial charge in [-0.3, -0.25) is 4.79 Å². The summed E-state index contributed by atoms with van der Waals surface area (Å²) in [6.07, 6.45) is -4.44. The average molecular weight is 260 g/mol. The van der Waals surface area contributed by atoms with E-state index in [1.807, 2.05) is 0 Å². The van der Waals surface area contributed by atoms with Crippen LogP contribution in [0.25, 0.3) is 0 Å². The van der Waals surface area contributed by atoms with E-state index in [2.05, 4.69) is 0 Å². The molecular formula is C12H11F3O3. The summed E-state index contributed by atoms with van der Waals surface area (Å²) >= 11 is 0. The molecule has 0 bridgehead atoms. The molecule has 1 aromatic rings. The Morgan fingerprint density at radius 2 is 2.17 bits per heavy atom. The molecule has 3 nitrogen and oxygen atoms in total. The first-order chi connectivity index (χ1) is 8.30. The van der Waals surface area contributed by atoms with E-state index in [0.29, 0.717) is 11.3 Å². The van der Waals surface area contributed by atoms with Crippen LogP contribution in [-0.4, -0.2) is 17.7 Å². The molecule has 1 heterocycles. The first-order valence-electron chi connectivity index (χ1n) is 5.37. The van der Waals surface area contributed by atoms with Crippen molar-refractivity contribution in [3.05, 3.63) is 29.3 Å². The van der Waals surface area contributed by atoms with E-state index in [-0.39, 0.29) is 6.61 Å². The quantitative estimate of drug-likeness (QED) is 0.889. The van der Waals surface area contributed by atoms with E-state index in [1.165, 1.54) is 13.0 Å². The van der Waals surface area contributed by atoms with Crippen LogP contribution in [0.5, 0.6) is 5.75 Å². The zero-order valence-corrected chi connectivity index (χ0v) is 9.49. The molecule has 0 amide bonds. The number of carboxylic acid groups (broad SMARTS) is 1. The Morgan fingerprint density at radius 3 is 2.72 bits per heavy atom. The van der Waals surface area contributed by atoms with E-state index in [4.69, 9.17) is 9.84 Å². The molecule has 1 N–H and O–H groups in total. The van der Waals surface area contributed by atoms with Crippen LogP contribution < -0.4 is 4.74 Å². The molecule has 2 atom stereocenters. The molecule has 1 aliphatic rings. The van der Waals surface area contributed by atoms with Crippen LogP contribution in [0.3, 0.4) is 0 Å². The van der Waals surface area contributed by atoms with Crippen LogP contribution in [0.15, 0.2) is 18.2 Å². The zero-order chi connectivity index (χ0) is 13.5. The first kappa shape index (κ1) is 12.7. The van der Waals surface area contributed by atoms with Crippen molar-refractivity contribution in [2.24, 2.45) is 5.92 Å². The van der Waals surface area contributed by atoms with Gasteiger partial charge in [0.2, 0.25) is 0 Å². The van der Waals surface area contributed by atoms with Crippen LogP contribution in [0.1, 0.15) is 24.0 Å². The van der Waals surface area contributed by atoms with Crippen molar-refractivity contribution < 1.29 is 27.8 Å². The van der Waals surface area contributed by atoms with E-state index < -0.39 is 29.5 Å². The monoisotopic (exact) mass is 260 g/mol. The van der Waals surface area contributed by atoms with Gasteiger partial charge < -0.3 is 9.84 Å². The van der Waals surface area contributed by atoms with Gasteiger partial charge >= 0.3 is 12.1 Å². The fraction of sp³-hybridized carbons (Fsp3) is 0.417. The number of benzene rings is 1. The Labute approximate surface area is 101 Å². The number of ether oxygens (including phenoxy) is 1. The zero-order valence-electron chi connectivity index (χ0n) is 9.49. The van der Waals surface area contributed by atoms with E-state index in [1.54, 1.807) is 0 Å². The van der Waals surface area contributed by atoms with Gasteiger partial charge in [-0.25, -0.2) is 0 Å². The topological polar surface area (TPSA) is 46.5 Å². The number of carboxylic acids is 1. The van der Waals surface area contributed by atoms with Gasteiger partial charge in [-0.05, 0) is 18.2 Å². The third-order valence-electron chi connectivity index (χ3n) is 3.15. The molecule has 0 spiro atoms. The van der Waals surface area contributed by atoms with Crippen LogP contribution >= 0.6 is 0 Å². The molecular weight excluding hydrogens is 249 g/mol. The minimum Gasteiger partial charge on any atom is -0.493 e. The van der Waals surface area contributed by atoms with Crippen LogP contribution in [-0.2, 0) is 11.0 Å². The summed E-state index contributed by atoms with van der Waals surface area (Å²) in [5, 5.41) is 8.92. The van der Waals surface area contributed by atoms with Crippen LogP contribution in [0.2, 0.25) is 0 Å². The third kappa shape index (κ3) is 2.14. The van der Waals surface area contributed by atoms with Crippen molar-refractivity contribution in [3.63, 3.8) is 0 Å². The fourth-order valence-corrected chi connectivity index (χ4v) is 2.00. The number of rotatable bonds is 2. The average Bonchev–Trinajstić information content (AvgIpc) is 2.69. The highest BCUT2D eigenvalue weighted by molar-refractivity contribution is 5.71. The number of hydrogen-bond donors (Lipinski definition) is 1.